The molecule has 1 heterocycles. The number of ether oxygens (including phenoxy) is 1. The average molecular weight is 310 g/mol. The summed E-state index contributed by atoms with van der Waals surface area (Å²) in [6.45, 7) is 0.412. The van der Waals surface area contributed by atoms with E-state index in [1.807, 2.05) is 18.2 Å². The molecule has 0 aliphatic rings. The van der Waals surface area contributed by atoms with Crippen molar-refractivity contribution < 1.29 is 13.9 Å². The molecule has 2 rings (SSSR count). The van der Waals surface area contributed by atoms with Gasteiger partial charge in [-0.2, -0.15) is 0 Å². The normalized spacial score (nSPS) is 10.3. The zero-order valence-corrected chi connectivity index (χ0v) is 11.4. The van der Waals surface area contributed by atoms with E-state index in [4.69, 9.17) is 9.15 Å². The second kappa shape index (κ2) is 5.84. The van der Waals surface area contributed by atoms with Crippen molar-refractivity contribution in [1.82, 2.24) is 0 Å². The van der Waals surface area contributed by atoms with Gasteiger partial charge in [0.15, 0.2) is 5.76 Å². The van der Waals surface area contributed by atoms with Crippen LogP contribution in [0, 0.1) is 0 Å². The van der Waals surface area contributed by atoms with E-state index >= 15 is 0 Å². The standard InChI is InChI=1S/C13H12BrNO3/c1-17-8-9-10(14)4-2-5-11(9)15-13(16)12-6-3-7-18-12/h2-7H,8H2,1H3,(H,15,16). The number of hydrogen-bond acceptors (Lipinski definition) is 3. The molecule has 5 heteroatoms. The van der Waals surface area contributed by atoms with Gasteiger partial charge in [0.25, 0.3) is 5.91 Å². The van der Waals surface area contributed by atoms with Crippen molar-refractivity contribution >= 4 is 27.5 Å². The predicted octanol–water partition coefficient (Wildman–Crippen LogP) is 3.44. The van der Waals surface area contributed by atoms with Gasteiger partial charge in [0.05, 0.1) is 12.9 Å². The molecule has 0 bridgehead atoms. The number of rotatable bonds is 4. The first-order valence-corrected chi connectivity index (χ1v) is 6.13. The molecular weight excluding hydrogens is 298 g/mol. The Kier molecular flexibility index (Phi) is 4.17. The summed E-state index contributed by atoms with van der Waals surface area (Å²) in [6.07, 6.45) is 1.46. The van der Waals surface area contributed by atoms with Gasteiger partial charge in [0, 0.05) is 22.8 Å². The van der Waals surface area contributed by atoms with Crippen molar-refractivity contribution in [2.45, 2.75) is 6.61 Å². The number of amides is 1. The highest BCUT2D eigenvalue weighted by Crippen LogP contribution is 2.26. The van der Waals surface area contributed by atoms with Crippen LogP contribution in [0.1, 0.15) is 16.1 Å². The maximum atomic E-state index is 11.9. The Hall–Kier alpha value is -1.59. The van der Waals surface area contributed by atoms with Crippen LogP contribution in [0.15, 0.2) is 45.5 Å². The van der Waals surface area contributed by atoms with Crippen LogP contribution in [-0.2, 0) is 11.3 Å². The van der Waals surface area contributed by atoms with Crippen LogP contribution in [-0.4, -0.2) is 13.0 Å². The van der Waals surface area contributed by atoms with Crippen LogP contribution < -0.4 is 5.32 Å². The number of halogens is 1. The van der Waals surface area contributed by atoms with Gasteiger partial charge in [0.1, 0.15) is 0 Å². The van der Waals surface area contributed by atoms with Gasteiger partial charge in [0.2, 0.25) is 0 Å². The lowest BCUT2D eigenvalue weighted by molar-refractivity contribution is 0.0996. The molecule has 18 heavy (non-hydrogen) atoms. The lowest BCUT2D eigenvalue weighted by atomic mass is 10.2. The molecule has 1 amide bonds. The van der Waals surface area contributed by atoms with Gasteiger partial charge in [-0.15, -0.1) is 0 Å². The Bertz CT molecular complexity index is 537. The molecule has 2 aromatic rings. The quantitative estimate of drug-likeness (QED) is 0.941. The molecule has 1 aromatic carbocycles. The van der Waals surface area contributed by atoms with Crippen LogP contribution in [0.3, 0.4) is 0 Å². The summed E-state index contributed by atoms with van der Waals surface area (Å²) in [6, 6.07) is 8.85. The Morgan fingerprint density at radius 3 is 2.89 bits per heavy atom. The van der Waals surface area contributed by atoms with E-state index in [0.29, 0.717) is 12.3 Å². The minimum atomic E-state index is -0.282. The van der Waals surface area contributed by atoms with Crippen LogP contribution in [0.5, 0.6) is 0 Å². The molecule has 0 spiro atoms. The van der Waals surface area contributed by atoms with Crippen molar-refractivity contribution in [3.8, 4) is 0 Å². The maximum absolute atomic E-state index is 11.9. The molecule has 0 aliphatic heterocycles. The molecule has 0 saturated carbocycles. The molecular formula is C13H12BrNO3. The smallest absolute Gasteiger partial charge is 0.291 e. The fraction of sp³-hybridized carbons (Fsp3) is 0.154. The number of anilines is 1. The monoisotopic (exact) mass is 309 g/mol. The number of benzene rings is 1. The first kappa shape index (κ1) is 12.9. The van der Waals surface area contributed by atoms with Crippen molar-refractivity contribution in [3.63, 3.8) is 0 Å². The lowest BCUT2D eigenvalue weighted by Gasteiger charge is -2.11. The van der Waals surface area contributed by atoms with Crippen molar-refractivity contribution in [1.29, 1.82) is 0 Å². The van der Waals surface area contributed by atoms with Gasteiger partial charge < -0.3 is 14.5 Å². The zero-order valence-electron chi connectivity index (χ0n) is 9.77. The second-order valence-corrected chi connectivity index (χ2v) is 4.48. The lowest BCUT2D eigenvalue weighted by Crippen LogP contribution is -2.12. The van der Waals surface area contributed by atoms with E-state index in [2.05, 4.69) is 21.2 Å². The fourth-order valence-corrected chi connectivity index (χ4v) is 2.04. The summed E-state index contributed by atoms with van der Waals surface area (Å²) in [4.78, 5) is 11.9. The fourth-order valence-electron chi connectivity index (χ4n) is 1.56. The Morgan fingerprint density at radius 2 is 2.22 bits per heavy atom. The maximum Gasteiger partial charge on any atom is 0.291 e. The Balaban J connectivity index is 2.23. The molecule has 4 nitrogen and oxygen atoms in total. The van der Waals surface area contributed by atoms with E-state index in [0.717, 1.165) is 10.0 Å². The summed E-state index contributed by atoms with van der Waals surface area (Å²) in [5, 5.41) is 2.80. The summed E-state index contributed by atoms with van der Waals surface area (Å²) >= 11 is 3.43. The number of carbonyl (C=O) groups is 1. The predicted molar refractivity (Wildman–Crippen MR) is 71.5 cm³/mol. The third-order valence-electron chi connectivity index (χ3n) is 2.40. The van der Waals surface area contributed by atoms with Crippen molar-refractivity contribution in [2.24, 2.45) is 0 Å². The minimum Gasteiger partial charge on any atom is -0.459 e. The van der Waals surface area contributed by atoms with Crippen LogP contribution >= 0.6 is 15.9 Å². The first-order chi connectivity index (χ1) is 8.72. The summed E-state index contributed by atoms with van der Waals surface area (Å²) < 4.78 is 11.0. The van der Waals surface area contributed by atoms with Gasteiger partial charge >= 0.3 is 0 Å². The number of furan rings is 1. The van der Waals surface area contributed by atoms with Crippen LogP contribution in [0.2, 0.25) is 0 Å². The Labute approximate surface area is 113 Å². The summed E-state index contributed by atoms with van der Waals surface area (Å²) in [5.74, 6) is -0.00574. The minimum absolute atomic E-state index is 0.276. The largest absolute Gasteiger partial charge is 0.459 e. The second-order valence-electron chi connectivity index (χ2n) is 3.63. The van der Waals surface area contributed by atoms with Gasteiger partial charge in [-0.3, -0.25) is 4.79 Å². The third-order valence-corrected chi connectivity index (χ3v) is 3.14. The number of nitrogens with one attached hydrogen (secondary N) is 1. The zero-order chi connectivity index (χ0) is 13.0. The molecule has 0 aliphatic carbocycles. The summed E-state index contributed by atoms with van der Waals surface area (Å²) in [7, 11) is 1.61. The SMILES string of the molecule is COCc1c(Br)cccc1NC(=O)c1ccco1. The highest BCUT2D eigenvalue weighted by Gasteiger charge is 2.12. The van der Waals surface area contributed by atoms with Gasteiger partial charge in [-0.25, -0.2) is 0 Å². The van der Waals surface area contributed by atoms with E-state index in [1.54, 1.807) is 19.2 Å². The molecule has 0 unspecified atom stereocenters. The number of hydrogen-bond donors (Lipinski definition) is 1. The molecule has 0 atom stereocenters. The third kappa shape index (κ3) is 2.80. The molecule has 0 radical (unpaired) electrons. The van der Waals surface area contributed by atoms with Crippen LogP contribution in [0.4, 0.5) is 5.69 Å². The molecule has 0 fully saturated rings. The number of methoxy groups -OCH3 is 1. The molecule has 0 saturated heterocycles. The first-order valence-electron chi connectivity index (χ1n) is 5.33. The summed E-state index contributed by atoms with van der Waals surface area (Å²) in [5.41, 5.74) is 1.59. The molecule has 1 N–H and O–H groups in total. The van der Waals surface area contributed by atoms with E-state index < -0.39 is 0 Å². The van der Waals surface area contributed by atoms with Gasteiger partial charge in [-0.1, -0.05) is 22.0 Å². The average Bonchev–Trinajstić information content (AvgIpc) is 2.87. The van der Waals surface area contributed by atoms with E-state index in [9.17, 15) is 4.79 Å². The van der Waals surface area contributed by atoms with Crippen LogP contribution in [0.25, 0.3) is 0 Å². The van der Waals surface area contributed by atoms with Crippen molar-refractivity contribution in [2.75, 3.05) is 12.4 Å². The van der Waals surface area contributed by atoms with E-state index in [-0.39, 0.29) is 11.7 Å². The number of carbonyl (C=O) groups excluding carboxylic acids is 1. The molecule has 94 valence electrons. The topological polar surface area (TPSA) is 51.5 Å². The van der Waals surface area contributed by atoms with Gasteiger partial charge in [-0.05, 0) is 24.3 Å². The Morgan fingerprint density at radius 1 is 1.39 bits per heavy atom. The van der Waals surface area contributed by atoms with Crippen molar-refractivity contribution in [3.05, 3.63) is 52.4 Å². The highest BCUT2D eigenvalue weighted by molar-refractivity contribution is 9.10. The highest BCUT2D eigenvalue weighted by atomic mass is 79.9. The molecule has 1 aromatic heterocycles. The van der Waals surface area contributed by atoms with E-state index in [1.165, 1.54) is 6.26 Å².